The van der Waals surface area contributed by atoms with Crippen molar-refractivity contribution in [2.24, 2.45) is 0 Å². The Kier molecular flexibility index (Phi) is 5.06. The Hall–Kier alpha value is -0.440. The van der Waals surface area contributed by atoms with Crippen LogP contribution < -0.4 is 0 Å². The monoisotopic (exact) mass is 187 g/mol. The van der Waals surface area contributed by atoms with E-state index in [2.05, 4.69) is 19.2 Å². The van der Waals surface area contributed by atoms with Gasteiger partial charge in [-0.3, -0.25) is 4.79 Å². The molecule has 0 saturated carbocycles. The van der Waals surface area contributed by atoms with E-state index in [1.807, 2.05) is 13.8 Å². The lowest BCUT2D eigenvalue weighted by Gasteiger charge is -2.26. The molecule has 0 aliphatic rings. The third-order valence-electron chi connectivity index (χ3n) is 1.59. The molecule has 12 heavy (non-hydrogen) atoms. The summed E-state index contributed by atoms with van der Waals surface area (Å²) in [6.07, 6.45) is 1.73. The quantitative estimate of drug-likeness (QED) is 0.525. The number of rotatable bonds is 4. The highest BCUT2D eigenvalue weighted by Gasteiger charge is 2.18. The first-order valence-electron chi connectivity index (χ1n) is 4.10. The summed E-state index contributed by atoms with van der Waals surface area (Å²) in [6, 6.07) is 0.213. The van der Waals surface area contributed by atoms with Crippen molar-refractivity contribution >= 4 is 18.5 Å². The number of carbonyl (C=O) groups is 1. The van der Waals surface area contributed by atoms with Gasteiger partial charge in [-0.25, -0.2) is 0 Å². The molecular formula is C9H17NOS. The number of nitrogens with zero attached hydrogens (tertiary/aromatic N) is 1. The van der Waals surface area contributed by atoms with Gasteiger partial charge >= 0.3 is 0 Å². The average Bonchev–Trinajstić information content (AvgIpc) is 1.98. The normalized spacial score (nSPS) is 12.8. The van der Waals surface area contributed by atoms with Gasteiger partial charge in [-0.15, -0.1) is 6.58 Å². The van der Waals surface area contributed by atoms with E-state index in [0.29, 0.717) is 6.54 Å². The molecule has 0 aliphatic carbocycles. The molecule has 0 aromatic carbocycles. The minimum Gasteiger partial charge on any atom is -0.336 e. The molecule has 1 amide bonds. The van der Waals surface area contributed by atoms with Crippen molar-refractivity contribution < 1.29 is 4.79 Å². The van der Waals surface area contributed by atoms with E-state index in [0.717, 1.165) is 0 Å². The molecule has 0 saturated heterocycles. The largest absolute Gasteiger partial charge is 0.336 e. The van der Waals surface area contributed by atoms with Crippen molar-refractivity contribution in [3.8, 4) is 0 Å². The molecule has 0 spiro atoms. The molecule has 1 unspecified atom stereocenters. The lowest BCUT2D eigenvalue weighted by atomic mass is 10.2. The Morgan fingerprint density at radius 2 is 2.08 bits per heavy atom. The highest BCUT2D eigenvalue weighted by molar-refractivity contribution is 7.81. The molecular weight excluding hydrogens is 170 g/mol. The second-order valence-corrected chi connectivity index (χ2v) is 3.82. The zero-order valence-electron chi connectivity index (χ0n) is 7.95. The maximum absolute atomic E-state index is 11.5. The first-order chi connectivity index (χ1) is 5.50. The van der Waals surface area contributed by atoms with Crippen molar-refractivity contribution in [3.05, 3.63) is 12.7 Å². The highest BCUT2D eigenvalue weighted by Crippen LogP contribution is 2.05. The molecule has 0 bridgehead atoms. The van der Waals surface area contributed by atoms with E-state index in [4.69, 9.17) is 0 Å². The van der Waals surface area contributed by atoms with E-state index < -0.39 is 0 Å². The molecule has 0 N–H and O–H groups in total. The summed E-state index contributed by atoms with van der Waals surface area (Å²) in [5, 5.41) is -0.229. The topological polar surface area (TPSA) is 20.3 Å². The third-order valence-corrected chi connectivity index (χ3v) is 1.81. The molecule has 3 heteroatoms. The molecule has 2 nitrogen and oxygen atoms in total. The number of thiol groups is 1. The molecule has 0 radical (unpaired) electrons. The smallest absolute Gasteiger partial charge is 0.235 e. The minimum atomic E-state index is -0.229. The summed E-state index contributed by atoms with van der Waals surface area (Å²) in [5.41, 5.74) is 0. The lowest BCUT2D eigenvalue weighted by molar-refractivity contribution is -0.131. The third kappa shape index (κ3) is 3.30. The zero-order chi connectivity index (χ0) is 9.72. The molecule has 70 valence electrons. The minimum absolute atomic E-state index is 0.0632. The van der Waals surface area contributed by atoms with Crippen LogP contribution in [0.2, 0.25) is 0 Å². The van der Waals surface area contributed by atoms with Crippen LogP contribution in [0.1, 0.15) is 20.8 Å². The average molecular weight is 187 g/mol. The van der Waals surface area contributed by atoms with Crippen molar-refractivity contribution in [3.63, 3.8) is 0 Å². The van der Waals surface area contributed by atoms with Gasteiger partial charge in [0.25, 0.3) is 0 Å². The van der Waals surface area contributed by atoms with Crippen LogP contribution in [-0.4, -0.2) is 28.6 Å². The van der Waals surface area contributed by atoms with Gasteiger partial charge in [-0.05, 0) is 20.8 Å². The fourth-order valence-corrected chi connectivity index (χ4v) is 1.08. The summed E-state index contributed by atoms with van der Waals surface area (Å²) in [5.74, 6) is 0.0632. The van der Waals surface area contributed by atoms with Gasteiger partial charge in [-0.2, -0.15) is 12.6 Å². The molecule has 0 rings (SSSR count). The van der Waals surface area contributed by atoms with Crippen molar-refractivity contribution in [1.82, 2.24) is 4.90 Å². The predicted molar refractivity (Wildman–Crippen MR) is 55.5 cm³/mol. The van der Waals surface area contributed by atoms with Gasteiger partial charge in [0.2, 0.25) is 5.91 Å². The van der Waals surface area contributed by atoms with Crippen molar-refractivity contribution in [2.45, 2.75) is 32.1 Å². The highest BCUT2D eigenvalue weighted by atomic mass is 32.1. The van der Waals surface area contributed by atoms with Crippen LogP contribution in [0.4, 0.5) is 0 Å². The Balaban J connectivity index is 4.29. The molecule has 0 aromatic rings. The fraction of sp³-hybridized carbons (Fsp3) is 0.667. The van der Waals surface area contributed by atoms with Crippen LogP contribution in [0, 0.1) is 0 Å². The molecule has 1 atom stereocenters. The molecule has 0 aliphatic heterocycles. The predicted octanol–water partition coefficient (Wildman–Crippen LogP) is 1.73. The van der Waals surface area contributed by atoms with Crippen LogP contribution >= 0.6 is 12.6 Å². The van der Waals surface area contributed by atoms with E-state index in [-0.39, 0.29) is 17.2 Å². The maximum Gasteiger partial charge on any atom is 0.235 e. The Morgan fingerprint density at radius 1 is 1.58 bits per heavy atom. The summed E-state index contributed by atoms with van der Waals surface area (Å²) in [4.78, 5) is 13.2. The van der Waals surface area contributed by atoms with E-state index in [1.165, 1.54) is 0 Å². The molecule has 0 heterocycles. The standard InChI is InChI=1S/C9H17NOS/c1-5-6-10(7(2)3)9(11)8(4)12/h5,7-8,12H,1,6H2,2-4H3. The van der Waals surface area contributed by atoms with Gasteiger partial charge in [0.1, 0.15) is 0 Å². The van der Waals surface area contributed by atoms with Gasteiger partial charge in [0.15, 0.2) is 0 Å². The first-order valence-corrected chi connectivity index (χ1v) is 4.61. The van der Waals surface area contributed by atoms with Crippen LogP contribution in [0.5, 0.6) is 0 Å². The Morgan fingerprint density at radius 3 is 2.33 bits per heavy atom. The van der Waals surface area contributed by atoms with Gasteiger partial charge in [0, 0.05) is 12.6 Å². The number of hydrogen-bond acceptors (Lipinski definition) is 2. The fourth-order valence-electron chi connectivity index (χ4n) is 0.934. The molecule has 0 fully saturated rings. The van der Waals surface area contributed by atoms with Gasteiger partial charge in [0.05, 0.1) is 5.25 Å². The van der Waals surface area contributed by atoms with Crippen molar-refractivity contribution in [2.75, 3.05) is 6.54 Å². The lowest BCUT2D eigenvalue weighted by Crippen LogP contribution is -2.40. The number of amides is 1. The SMILES string of the molecule is C=CCN(C(=O)C(C)S)C(C)C. The Bertz CT molecular complexity index is 166. The number of hydrogen-bond donors (Lipinski definition) is 1. The van der Waals surface area contributed by atoms with Crippen LogP contribution in [0.25, 0.3) is 0 Å². The van der Waals surface area contributed by atoms with Crippen LogP contribution in [0.15, 0.2) is 12.7 Å². The summed E-state index contributed by atoms with van der Waals surface area (Å²) >= 11 is 4.09. The summed E-state index contributed by atoms with van der Waals surface area (Å²) in [7, 11) is 0. The Labute approximate surface area is 80.0 Å². The van der Waals surface area contributed by atoms with Crippen molar-refractivity contribution in [1.29, 1.82) is 0 Å². The number of carbonyl (C=O) groups excluding carboxylic acids is 1. The summed E-state index contributed by atoms with van der Waals surface area (Å²) in [6.45, 7) is 9.95. The van der Waals surface area contributed by atoms with Gasteiger partial charge in [-0.1, -0.05) is 6.08 Å². The van der Waals surface area contributed by atoms with E-state index in [1.54, 1.807) is 17.9 Å². The van der Waals surface area contributed by atoms with Crippen LogP contribution in [0.3, 0.4) is 0 Å². The maximum atomic E-state index is 11.5. The summed E-state index contributed by atoms with van der Waals surface area (Å²) < 4.78 is 0. The zero-order valence-corrected chi connectivity index (χ0v) is 8.84. The second kappa shape index (κ2) is 5.25. The van der Waals surface area contributed by atoms with E-state index >= 15 is 0 Å². The van der Waals surface area contributed by atoms with Crippen LogP contribution in [-0.2, 0) is 4.79 Å². The van der Waals surface area contributed by atoms with Gasteiger partial charge < -0.3 is 4.90 Å². The molecule has 0 aromatic heterocycles. The first kappa shape index (κ1) is 11.6. The second-order valence-electron chi connectivity index (χ2n) is 3.05. The van der Waals surface area contributed by atoms with E-state index in [9.17, 15) is 4.79 Å².